The summed E-state index contributed by atoms with van der Waals surface area (Å²) in [7, 11) is 0. The molecule has 0 spiro atoms. The number of aromatic nitrogens is 2. The highest BCUT2D eigenvalue weighted by molar-refractivity contribution is 5.76. The second-order valence-electron chi connectivity index (χ2n) is 8.72. The molecule has 0 amide bonds. The Morgan fingerprint density at radius 2 is 2.00 bits per heavy atom. The van der Waals surface area contributed by atoms with Crippen LogP contribution in [0.1, 0.15) is 44.6 Å². The number of ether oxygens (including phenoxy) is 1. The van der Waals surface area contributed by atoms with Gasteiger partial charge in [-0.05, 0) is 30.5 Å². The summed E-state index contributed by atoms with van der Waals surface area (Å²) < 4.78 is 47.5. The minimum absolute atomic E-state index is 0.115. The molecular weight excluding hydrogens is 421 g/mol. The second-order valence-corrected chi connectivity index (χ2v) is 8.72. The van der Waals surface area contributed by atoms with Gasteiger partial charge in [0, 0.05) is 32.4 Å². The molecule has 1 aromatic carbocycles. The number of carbonyl (C=O) groups is 1. The molecule has 4 rings (SSSR count). The molecule has 9 heteroatoms. The summed E-state index contributed by atoms with van der Waals surface area (Å²) in [6, 6.07) is 7.67. The fourth-order valence-electron chi connectivity index (χ4n) is 4.26. The lowest BCUT2D eigenvalue weighted by atomic mass is 9.96. The van der Waals surface area contributed by atoms with Crippen LogP contribution < -0.4 is 14.5 Å². The van der Waals surface area contributed by atoms with E-state index in [1.54, 1.807) is 11.8 Å². The van der Waals surface area contributed by atoms with Gasteiger partial charge in [0.1, 0.15) is 17.6 Å². The van der Waals surface area contributed by atoms with Crippen molar-refractivity contribution in [3.05, 3.63) is 41.8 Å². The molecule has 0 unspecified atom stereocenters. The number of Topliss-reactive ketones (excluding diaryl/α,β-unsaturated/α-hetero) is 1. The van der Waals surface area contributed by atoms with Crippen molar-refractivity contribution in [1.29, 1.82) is 0 Å². The van der Waals surface area contributed by atoms with Crippen molar-refractivity contribution in [3.63, 3.8) is 0 Å². The number of hydrogen-bond donors (Lipinski definition) is 0. The van der Waals surface area contributed by atoms with Crippen LogP contribution in [-0.2, 0) is 4.79 Å². The first-order chi connectivity index (χ1) is 15.2. The van der Waals surface area contributed by atoms with E-state index in [4.69, 9.17) is 4.74 Å². The highest BCUT2D eigenvalue weighted by atomic mass is 19.3. The van der Waals surface area contributed by atoms with Gasteiger partial charge in [-0.15, -0.1) is 0 Å². The Morgan fingerprint density at radius 1 is 1.25 bits per heavy atom. The monoisotopic (exact) mass is 448 g/mol. The van der Waals surface area contributed by atoms with Crippen molar-refractivity contribution >= 4 is 17.5 Å². The van der Waals surface area contributed by atoms with Crippen LogP contribution in [0.4, 0.5) is 24.9 Å². The van der Waals surface area contributed by atoms with Gasteiger partial charge in [0.05, 0.1) is 19.3 Å². The van der Waals surface area contributed by atoms with E-state index in [0.29, 0.717) is 31.7 Å². The molecule has 2 atom stereocenters. The SMILES string of the molecule is CC(=O)C[C@@H](C)c1ccc(O[C@@H]2CCN(c3nc(N4CCC(F)(F)C4)ncc3F)C2)cc1. The van der Waals surface area contributed by atoms with Crippen molar-refractivity contribution in [2.24, 2.45) is 0 Å². The summed E-state index contributed by atoms with van der Waals surface area (Å²) in [6.45, 7) is 4.27. The number of halogens is 3. The minimum atomic E-state index is -2.77. The normalized spacial score (nSPS) is 21.1. The average Bonchev–Trinajstić information content (AvgIpc) is 3.34. The van der Waals surface area contributed by atoms with Gasteiger partial charge in [-0.25, -0.2) is 18.2 Å². The van der Waals surface area contributed by atoms with E-state index in [2.05, 4.69) is 9.97 Å². The quantitative estimate of drug-likeness (QED) is 0.633. The Kier molecular flexibility index (Phi) is 6.26. The highest BCUT2D eigenvalue weighted by Gasteiger charge is 2.39. The van der Waals surface area contributed by atoms with Crippen LogP contribution in [0.5, 0.6) is 5.75 Å². The Hall–Kier alpha value is -2.84. The molecule has 0 bridgehead atoms. The van der Waals surface area contributed by atoms with Crippen LogP contribution in [0.3, 0.4) is 0 Å². The average molecular weight is 448 g/mol. The number of anilines is 2. The van der Waals surface area contributed by atoms with E-state index in [1.165, 1.54) is 4.90 Å². The summed E-state index contributed by atoms with van der Waals surface area (Å²) >= 11 is 0. The number of rotatable bonds is 7. The van der Waals surface area contributed by atoms with Gasteiger partial charge in [-0.3, -0.25) is 0 Å². The van der Waals surface area contributed by atoms with E-state index >= 15 is 0 Å². The van der Waals surface area contributed by atoms with E-state index in [0.717, 1.165) is 11.8 Å². The van der Waals surface area contributed by atoms with Gasteiger partial charge in [-0.2, -0.15) is 4.98 Å². The van der Waals surface area contributed by atoms with Crippen molar-refractivity contribution in [3.8, 4) is 5.75 Å². The topological polar surface area (TPSA) is 58.6 Å². The van der Waals surface area contributed by atoms with Crippen LogP contribution in [-0.4, -0.2) is 54.0 Å². The largest absolute Gasteiger partial charge is 0.489 e. The van der Waals surface area contributed by atoms with Crippen LogP contribution in [0.15, 0.2) is 30.5 Å². The fourth-order valence-corrected chi connectivity index (χ4v) is 4.26. The summed E-state index contributed by atoms with van der Waals surface area (Å²) in [5.74, 6) is -2.11. The number of carbonyl (C=O) groups excluding carboxylic acids is 1. The van der Waals surface area contributed by atoms with Crippen LogP contribution in [0.25, 0.3) is 0 Å². The Bertz CT molecular complexity index is 970. The first kappa shape index (κ1) is 22.4. The van der Waals surface area contributed by atoms with Gasteiger partial charge in [0.2, 0.25) is 5.95 Å². The molecule has 1 aromatic heterocycles. The van der Waals surface area contributed by atoms with E-state index < -0.39 is 18.3 Å². The predicted molar refractivity (Wildman–Crippen MR) is 115 cm³/mol. The maximum Gasteiger partial charge on any atom is 0.267 e. The summed E-state index contributed by atoms with van der Waals surface area (Å²) in [6.07, 6.45) is 1.82. The number of benzene rings is 1. The summed E-state index contributed by atoms with van der Waals surface area (Å²) in [5, 5.41) is 0. The molecule has 3 heterocycles. The van der Waals surface area contributed by atoms with E-state index in [1.807, 2.05) is 31.2 Å². The van der Waals surface area contributed by atoms with Crippen molar-refractivity contribution < 1.29 is 22.7 Å². The molecule has 172 valence electrons. The number of hydrogen-bond acceptors (Lipinski definition) is 6. The molecule has 0 N–H and O–H groups in total. The zero-order valence-corrected chi connectivity index (χ0v) is 18.2. The molecule has 2 fully saturated rings. The van der Waals surface area contributed by atoms with E-state index in [-0.39, 0.29) is 42.5 Å². The summed E-state index contributed by atoms with van der Waals surface area (Å²) in [4.78, 5) is 22.6. The number of ketones is 1. The van der Waals surface area contributed by atoms with Gasteiger partial charge in [-0.1, -0.05) is 19.1 Å². The molecule has 2 aromatic rings. The molecule has 2 aliphatic heterocycles. The molecule has 0 aliphatic carbocycles. The van der Waals surface area contributed by atoms with Gasteiger partial charge in [0.25, 0.3) is 5.92 Å². The molecular formula is C23H27F3N4O2. The maximum atomic E-state index is 14.4. The highest BCUT2D eigenvalue weighted by Crippen LogP contribution is 2.31. The van der Waals surface area contributed by atoms with Crippen LogP contribution in [0, 0.1) is 5.82 Å². The maximum absolute atomic E-state index is 14.4. The van der Waals surface area contributed by atoms with Gasteiger partial charge < -0.3 is 19.3 Å². The third kappa shape index (κ3) is 5.14. The molecule has 0 radical (unpaired) electrons. The van der Waals surface area contributed by atoms with Crippen LogP contribution in [0.2, 0.25) is 0 Å². The Balaban J connectivity index is 1.38. The third-order valence-electron chi connectivity index (χ3n) is 5.96. The lowest BCUT2D eigenvalue weighted by Gasteiger charge is -2.21. The first-order valence-electron chi connectivity index (χ1n) is 10.9. The zero-order chi connectivity index (χ0) is 22.9. The van der Waals surface area contributed by atoms with E-state index in [9.17, 15) is 18.0 Å². The third-order valence-corrected chi connectivity index (χ3v) is 5.96. The smallest absolute Gasteiger partial charge is 0.267 e. The van der Waals surface area contributed by atoms with Crippen molar-refractivity contribution in [2.45, 2.75) is 51.1 Å². The number of nitrogens with zero attached hydrogens (tertiary/aromatic N) is 4. The van der Waals surface area contributed by atoms with Crippen molar-refractivity contribution in [1.82, 2.24) is 9.97 Å². The zero-order valence-electron chi connectivity index (χ0n) is 18.2. The fraction of sp³-hybridized carbons (Fsp3) is 0.522. The first-order valence-corrected chi connectivity index (χ1v) is 10.9. The lowest BCUT2D eigenvalue weighted by Crippen LogP contribution is -2.29. The van der Waals surface area contributed by atoms with Gasteiger partial charge >= 0.3 is 0 Å². The minimum Gasteiger partial charge on any atom is -0.489 e. The Morgan fingerprint density at radius 3 is 2.66 bits per heavy atom. The molecule has 6 nitrogen and oxygen atoms in total. The van der Waals surface area contributed by atoms with Crippen molar-refractivity contribution in [2.75, 3.05) is 36.0 Å². The lowest BCUT2D eigenvalue weighted by molar-refractivity contribution is -0.117. The Labute approximate surface area is 185 Å². The standard InChI is InChI=1S/C23H27F3N4O2/c1-15(11-16(2)31)17-3-5-18(6-4-17)32-19-7-9-29(13-19)21-20(24)12-27-22(28-21)30-10-8-23(25,26)14-30/h3-6,12,15,19H,7-11,13-14H2,1-2H3/t15-,19-/m1/s1. The molecule has 32 heavy (non-hydrogen) atoms. The molecule has 0 saturated carbocycles. The van der Waals surface area contributed by atoms with Crippen LogP contribution >= 0.6 is 0 Å². The summed E-state index contributed by atoms with van der Waals surface area (Å²) in [5.41, 5.74) is 1.07. The molecule has 2 saturated heterocycles. The predicted octanol–water partition coefficient (Wildman–Crippen LogP) is 4.20. The molecule has 2 aliphatic rings. The van der Waals surface area contributed by atoms with Gasteiger partial charge in [0.15, 0.2) is 11.6 Å². The second kappa shape index (κ2) is 8.96. The number of alkyl halides is 2.